The Morgan fingerprint density at radius 2 is 1.20 bits per heavy atom. The van der Waals surface area contributed by atoms with Crippen LogP contribution in [0.2, 0.25) is 0 Å². The van der Waals surface area contributed by atoms with Gasteiger partial charge in [0.25, 0.3) is 0 Å². The Kier molecular flexibility index (Phi) is 8.11. The molecule has 0 unspecified atom stereocenters. The molecule has 2 aliphatic heterocycles. The van der Waals surface area contributed by atoms with Gasteiger partial charge in [-0.05, 0) is 94.8 Å². The maximum Gasteiger partial charge on any atom is 0.305 e. The molecule has 54 heavy (non-hydrogen) atoms. The van der Waals surface area contributed by atoms with E-state index in [0.29, 0.717) is 12.8 Å². The molecule has 8 nitrogen and oxygen atoms in total. The zero-order chi connectivity index (χ0) is 37.1. The molecule has 0 radical (unpaired) electrons. The number of fused-ring (bicyclic) bond motifs is 18. The molecule has 0 aliphatic carbocycles. The van der Waals surface area contributed by atoms with Crippen LogP contribution in [0.1, 0.15) is 48.7 Å². The number of hydrogen-bond acceptors (Lipinski definition) is 6. The molecule has 266 valence electrons. The number of aromatic amines is 2. The summed E-state index contributed by atoms with van der Waals surface area (Å²) in [6.07, 6.45) is 1.40. The average molecular weight is 711 g/mol. The normalized spacial score (nSPS) is 12.4. The number of hydrogen-bond donors (Lipinski definition) is 2. The second-order valence-corrected chi connectivity index (χ2v) is 14.0. The molecule has 0 saturated carbocycles. The van der Waals surface area contributed by atoms with E-state index in [1.807, 2.05) is 0 Å². The summed E-state index contributed by atoms with van der Waals surface area (Å²) >= 11 is 0. The Bertz CT molecular complexity index is 2930. The molecule has 8 bridgehead atoms. The highest BCUT2D eigenvalue weighted by Crippen LogP contribution is 2.43. The van der Waals surface area contributed by atoms with Crippen molar-refractivity contribution < 1.29 is 19.1 Å². The van der Waals surface area contributed by atoms with Gasteiger partial charge in [-0.3, -0.25) is 9.59 Å². The first kappa shape index (κ1) is 33.3. The molecular weight excluding hydrogens is 673 g/mol. The summed E-state index contributed by atoms with van der Waals surface area (Å²) in [5.74, 6) is -0.552. The van der Waals surface area contributed by atoms with Gasteiger partial charge in [-0.1, -0.05) is 72.8 Å². The lowest BCUT2D eigenvalue weighted by Gasteiger charge is -2.05. The maximum absolute atomic E-state index is 12.4. The minimum Gasteiger partial charge on any atom is -0.469 e. The number of allylic oxidation sites excluding steroid dienone is 2. The second kappa shape index (κ2) is 13.1. The first-order chi connectivity index (χ1) is 26.3. The molecule has 4 aromatic carbocycles. The molecule has 0 amide bonds. The Hall–Kier alpha value is -6.54. The number of H-pyrrole nitrogens is 2. The topological polar surface area (TPSA) is 110 Å². The predicted molar refractivity (Wildman–Crippen MR) is 217 cm³/mol. The summed E-state index contributed by atoms with van der Waals surface area (Å²) in [6.45, 7) is 4.14. The fourth-order valence-electron chi connectivity index (χ4n) is 8.18. The highest BCUT2D eigenvalue weighted by atomic mass is 16.5. The number of carbonyl (C=O) groups excluding carboxylic acids is 2. The first-order valence-electron chi connectivity index (χ1n) is 18.2. The SMILES string of the molecule is COC(=O)CCC1=C(C)c2cc3[nH]c(cc4nc(cc5[nH]c(cc1n2)c(CCC(=O)OC)c5C)-c1c-4ccc2ccccc12)c1c2ccccc2ccc31. The van der Waals surface area contributed by atoms with Crippen LogP contribution in [0.15, 0.2) is 97.1 Å². The van der Waals surface area contributed by atoms with Gasteiger partial charge >= 0.3 is 11.9 Å². The van der Waals surface area contributed by atoms with E-state index in [4.69, 9.17) is 19.4 Å². The number of carbonyl (C=O) groups is 2. The van der Waals surface area contributed by atoms with Crippen molar-refractivity contribution in [3.05, 3.63) is 120 Å². The third-order valence-electron chi connectivity index (χ3n) is 11.0. The molecule has 2 N–H and O–H groups in total. The summed E-state index contributed by atoms with van der Waals surface area (Å²) < 4.78 is 10.1. The lowest BCUT2D eigenvalue weighted by Crippen LogP contribution is -2.02. The van der Waals surface area contributed by atoms with E-state index in [0.717, 1.165) is 111 Å². The molecule has 0 fully saturated rings. The molecule has 9 rings (SSSR count). The highest BCUT2D eigenvalue weighted by Gasteiger charge is 2.23. The standard InChI is InChI=1S/C46H38N4O4/c1-25-29(17-19-43(51)53-3)37-23-38-30(18-20-44(52)54-4)26(2)36(48-38)22-41-45-31-11-7-5-9-27(31)14-16-34(45)40(50-41)24-42-46-32-12-8-6-10-28(32)13-15-33(46)39(49-42)21-35(25)47-37/h5-16,21-24,48-49H,17-20H2,1-4H3. The Balaban J connectivity index is 1.43. The molecule has 0 atom stereocenters. The number of benzene rings is 4. The van der Waals surface area contributed by atoms with Crippen LogP contribution in [-0.4, -0.2) is 46.1 Å². The van der Waals surface area contributed by atoms with Gasteiger partial charge in [-0.25, -0.2) is 9.97 Å². The number of esters is 2. The van der Waals surface area contributed by atoms with Crippen LogP contribution in [0.25, 0.3) is 88.0 Å². The van der Waals surface area contributed by atoms with Crippen molar-refractivity contribution in [1.82, 2.24) is 19.9 Å². The fraction of sp³-hybridized carbons (Fsp3) is 0.174. The van der Waals surface area contributed by atoms with E-state index < -0.39 is 0 Å². The van der Waals surface area contributed by atoms with E-state index in [-0.39, 0.29) is 24.8 Å². The third kappa shape index (κ3) is 5.53. The van der Waals surface area contributed by atoms with Gasteiger partial charge in [0, 0.05) is 56.8 Å². The van der Waals surface area contributed by atoms with Crippen LogP contribution in [0.4, 0.5) is 0 Å². The zero-order valence-electron chi connectivity index (χ0n) is 30.6. The lowest BCUT2D eigenvalue weighted by molar-refractivity contribution is -0.141. The van der Waals surface area contributed by atoms with Gasteiger partial charge in [-0.15, -0.1) is 0 Å². The number of rotatable bonds is 6. The van der Waals surface area contributed by atoms with Crippen molar-refractivity contribution in [2.45, 2.75) is 39.5 Å². The van der Waals surface area contributed by atoms with Crippen LogP contribution in [0.5, 0.6) is 0 Å². The third-order valence-corrected chi connectivity index (χ3v) is 11.0. The molecule has 0 saturated heterocycles. The van der Waals surface area contributed by atoms with Gasteiger partial charge < -0.3 is 19.4 Å². The maximum atomic E-state index is 12.4. The predicted octanol–water partition coefficient (Wildman–Crippen LogP) is 10.4. The van der Waals surface area contributed by atoms with Gasteiger partial charge in [0.1, 0.15) is 0 Å². The molecule has 3 aromatic heterocycles. The number of ether oxygens (including phenoxy) is 2. The van der Waals surface area contributed by atoms with Gasteiger partial charge in [0.2, 0.25) is 0 Å². The van der Waals surface area contributed by atoms with E-state index in [2.05, 4.69) is 121 Å². The van der Waals surface area contributed by atoms with Crippen molar-refractivity contribution in [3.8, 4) is 22.5 Å². The summed E-state index contributed by atoms with van der Waals surface area (Å²) in [6, 6.07) is 34.0. The van der Waals surface area contributed by atoms with Crippen molar-refractivity contribution in [3.63, 3.8) is 0 Å². The van der Waals surface area contributed by atoms with Crippen LogP contribution < -0.4 is 0 Å². The van der Waals surface area contributed by atoms with Crippen LogP contribution in [0, 0.1) is 6.92 Å². The molecule has 2 aliphatic rings. The summed E-state index contributed by atoms with van der Waals surface area (Å²) in [7, 11) is 2.83. The Morgan fingerprint density at radius 1 is 0.593 bits per heavy atom. The Labute approximate surface area is 311 Å². The number of nitrogens with zero attached hydrogens (tertiary/aromatic N) is 2. The highest BCUT2D eigenvalue weighted by molar-refractivity contribution is 6.21. The Morgan fingerprint density at radius 3 is 1.98 bits per heavy atom. The largest absolute Gasteiger partial charge is 0.469 e. The number of methoxy groups -OCH3 is 2. The van der Waals surface area contributed by atoms with Crippen molar-refractivity contribution in [2.24, 2.45) is 0 Å². The van der Waals surface area contributed by atoms with Crippen molar-refractivity contribution in [2.75, 3.05) is 14.2 Å². The summed E-state index contributed by atoms with van der Waals surface area (Å²) in [5, 5.41) is 6.77. The molecule has 5 heterocycles. The number of aryl methyl sites for hydroxylation is 2. The summed E-state index contributed by atoms with van der Waals surface area (Å²) in [5.41, 5.74) is 13.1. The van der Waals surface area contributed by atoms with Crippen LogP contribution >= 0.6 is 0 Å². The quantitative estimate of drug-likeness (QED) is 0.166. The van der Waals surface area contributed by atoms with E-state index >= 15 is 0 Å². The zero-order valence-corrected chi connectivity index (χ0v) is 30.6. The first-order valence-corrected chi connectivity index (χ1v) is 18.2. The van der Waals surface area contributed by atoms with Crippen molar-refractivity contribution in [1.29, 1.82) is 0 Å². The lowest BCUT2D eigenvalue weighted by atomic mass is 9.96. The average Bonchev–Trinajstić information content (AvgIpc) is 3.90. The number of nitrogens with one attached hydrogen (secondary N) is 2. The van der Waals surface area contributed by atoms with Crippen LogP contribution in [-0.2, 0) is 25.5 Å². The second-order valence-electron chi connectivity index (χ2n) is 14.0. The molecular formula is C46H38N4O4. The van der Waals surface area contributed by atoms with Crippen LogP contribution in [0.3, 0.4) is 0 Å². The minimum absolute atomic E-state index is 0.226. The van der Waals surface area contributed by atoms with Gasteiger partial charge in [0.15, 0.2) is 0 Å². The molecule has 7 aromatic rings. The van der Waals surface area contributed by atoms with Crippen molar-refractivity contribution >= 4 is 77.5 Å². The minimum atomic E-state index is -0.277. The van der Waals surface area contributed by atoms with Gasteiger partial charge in [-0.2, -0.15) is 0 Å². The van der Waals surface area contributed by atoms with E-state index in [9.17, 15) is 9.59 Å². The molecule has 8 heteroatoms. The fourth-order valence-corrected chi connectivity index (χ4v) is 8.18. The van der Waals surface area contributed by atoms with Gasteiger partial charge in [0.05, 0.1) is 37.0 Å². The van der Waals surface area contributed by atoms with E-state index in [1.165, 1.54) is 14.2 Å². The number of aromatic nitrogens is 4. The monoisotopic (exact) mass is 710 g/mol. The molecule has 0 spiro atoms. The summed E-state index contributed by atoms with van der Waals surface area (Å²) in [4.78, 5) is 42.9. The smallest absolute Gasteiger partial charge is 0.305 e. The van der Waals surface area contributed by atoms with E-state index in [1.54, 1.807) is 0 Å².